The number of ketones is 1. The zero-order valence-electron chi connectivity index (χ0n) is 11.5. The van der Waals surface area contributed by atoms with Crippen LogP contribution in [0.15, 0.2) is 24.3 Å². The van der Waals surface area contributed by atoms with Crippen molar-refractivity contribution < 1.29 is 24.0 Å². The van der Waals surface area contributed by atoms with E-state index >= 15 is 0 Å². The summed E-state index contributed by atoms with van der Waals surface area (Å²) in [5.74, 6) is 0.259. The number of carbonyl (C=O) groups is 1. The van der Waals surface area contributed by atoms with Crippen LogP contribution in [0.5, 0.6) is 0 Å². The van der Waals surface area contributed by atoms with Crippen molar-refractivity contribution in [2.75, 3.05) is 7.05 Å². The van der Waals surface area contributed by atoms with Gasteiger partial charge < -0.3 is 24.6 Å². The number of likely N-dealkylation sites (N-methyl/N-ethyl adjacent to an activating group) is 1. The van der Waals surface area contributed by atoms with Gasteiger partial charge in [-0.2, -0.15) is 7.82 Å². The Morgan fingerprint density at radius 1 is 1.24 bits per heavy atom. The lowest BCUT2D eigenvalue weighted by molar-refractivity contribution is -0.432. The van der Waals surface area contributed by atoms with E-state index in [0.29, 0.717) is 11.4 Å². The largest absolute Gasteiger partial charge is 0.822 e. The van der Waals surface area contributed by atoms with Gasteiger partial charge in [-0.3, -0.25) is 4.79 Å². The van der Waals surface area contributed by atoms with Crippen LogP contribution in [0.1, 0.15) is 31.2 Å². The van der Waals surface area contributed by atoms with Crippen LogP contribution in [-0.2, 0) is 14.9 Å². The van der Waals surface area contributed by atoms with Crippen molar-refractivity contribution in [3.05, 3.63) is 34.9 Å². The fraction of sp³-hybridized carbons (Fsp3) is 0.462. The van der Waals surface area contributed by atoms with Crippen LogP contribution in [0.4, 0.5) is 0 Å². The maximum atomic E-state index is 12.2. The Bertz CT molecular complexity index is 539. The van der Waals surface area contributed by atoms with E-state index in [1.54, 1.807) is 0 Å². The Kier molecular flexibility index (Phi) is 6.53. The van der Waals surface area contributed by atoms with E-state index in [-0.39, 0.29) is 5.78 Å². The highest BCUT2D eigenvalue weighted by atomic mass is 35.5. The number of benzene rings is 1. The maximum Gasteiger partial charge on any atom is 0.157 e. The van der Waals surface area contributed by atoms with Crippen LogP contribution in [0.3, 0.4) is 0 Å². The monoisotopic (exact) mass is 332 g/mol. The van der Waals surface area contributed by atoms with E-state index in [9.17, 15) is 4.79 Å². The molecule has 1 aromatic rings. The zero-order valence-corrected chi connectivity index (χ0v) is 13.2. The summed E-state index contributed by atoms with van der Waals surface area (Å²) < 4.78 is 8.55. The molecule has 1 aromatic carbocycles. The quantitative estimate of drug-likeness (QED) is 0.766. The predicted octanol–water partition coefficient (Wildman–Crippen LogP) is 0.0732. The number of hydrogen-bond donors (Lipinski definition) is 1. The molecule has 0 spiro atoms. The molecule has 2 rings (SSSR count). The molecule has 118 valence electrons. The predicted molar refractivity (Wildman–Crippen MR) is 73.3 cm³/mol. The van der Waals surface area contributed by atoms with E-state index in [0.717, 1.165) is 24.8 Å². The summed E-state index contributed by atoms with van der Waals surface area (Å²) in [6.07, 6.45) is 3.54. The van der Waals surface area contributed by atoms with Crippen LogP contribution in [-0.4, -0.2) is 12.8 Å². The first-order chi connectivity index (χ1) is 9.70. The number of carbonyl (C=O) groups excluding carboxylic acids is 1. The van der Waals surface area contributed by atoms with Crippen molar-refractivity contribution in [3.63, 3.8) is 0 Å². The second-order valence-corrected chi connectivity index (χ2v) is 6.01. The van der Waals surface area contributed by atoms with Gasteiger partial charge in [0.05, 0.1) is 0 Å². The van der Waals surface area contributed by atoms with E-state index < -0.39 is 13.4 Å². The molecule has 1 aliphatic rings. The maximum absolute atomic E-state index is 12.2. The van der Waals surface area contributed by atoms with Gasteiger partial charge in [0.15, 0.2) is 5.78 Å². The number of rotatable bonds is 2. The molecule has 1 unspecified atom stereocenters. The van der Waals surface area contributed by atoms with Gasteiger partial charge in [0.25, 0.3) is 0 Å². The van der Waals surface area contributed by atoms with Gasteiger partial charge in [-0.25, -0.2) is 0 Å². The molecule has 1 fully saturated rings. The van der Waals surface area contributed by atoms with Crippen molar-refractivity contribution in [2.45, 2.75) is 31.2 Å². The van der Waals surface area contributed by atoms with Gasteiger partial charge in [-0.1, -0.05) is 36.2 Å². The Labute approximate surface area is 128 Å². The minimum atomic E-state index is -5.39. The molecule has 0 radical (unpaired) electrons. The van der Waals surface area contributed by atoms with Crippen molar-refractivity contribution in [2.24, 2.45) is 0 Å². The van der Waals surface area contributed by atoms with Gasteiger partial charge in [-0.05, 0) is 31.5 Å². The SMILES string of the molecule is CNC1(c2ccccc2Cl)CCCCC1=O.O=P([O-])([O-])[O-]. The molecule has 0 bridgehead atoms. The Morgan fingerprint density at radius 2 is 1.81 bits per heavy atom. The van der Waals surface area contributed by atoms with Crippen molar-refractivity contribution >= 4 is 25.2 Å². The molecule has 8 heteroatoms. The fourth-order valence-corrected chi connectivity index (χ4v) is 2.82. The molecule has 1 saturated carbocycles. The van der Waals surface area contributed by atoms with Crippen molar-refractivity contribution in [1.82, 2.24) is 5.32 Å². The molecule has 21 heavy (non-hydrogen) atoms. The minimum Gasteiger partial charge on any atom is -0.822 e. The number of Topliss-reactive ketones (excluding diaryl/α,β-unsaturated/α-hetero) is 1. The molecule has 6 nitrogen and oxygen atoms in total. The topological polar surface area (TPSA) is 115 Å². The Balaban J connectivity index is 0.000000383. The third kappa shape index (κ3) is 5.18. The first-order valence-electron chi connectivity index (χ1n) is 6.41. The lowest BCUT2D eigenvalue weighted by Gasteiger charge is -2.36. The van der Waals surface area contributed by atoms with Gasteiger partial charge in [0, 0.05) is 11.4 Å². The summed E-state index contributed by atoms with van der Waals surface area (Å²) >= 11 is 6.20. The first-order valence-corrected chi connectivity index (χ1v) is 8.25. The Morgan fingerprint density at radius 3 is 2.29 bits per heavy atom. The molecule has 1 aliphatic carbocycles. The third-order valence-corrected chi connectivity index (χ3v) is 3.77. The summed E-state index contributed by atoms with van der Waals surface area (Å²) in [6.45, 7) is 0. The Hall–Kier alpha value is -0.750. The van der Waals surface area contributed by atoms with Gasteiger partial charge in [0.2, 0.25) is 0 Å². The molecule has 1 atom stereocenters. The van der Waals surface area contributed by atoms with Gasteiger partial charge in [-0.15, -0.1) is 0 Å². The second-order valence-electron chi connectivity index (χ2n) is 4.71. The molecule has 1 N–H and O–H groups in total. The third-order valence-electron chi connectivity index (χ3n) is 3.44. The number of nitrogens with one attached hydrogen (secondary N) is 1. The second kappa shape index (κ2) is 7.49. The molecule has 0 aromatic heterocycles. The highest BCUT2D eigenvalue weighted by Crippen LogP contribution is 2.37. The van der Waals surface area contributed by atoms with E-state index in [2.05, 4.69) is 5.32 Å². The average Bonchev–Trinajstić information content (AvgIpc) is 2.39. The van der Waals surface area contributed by atoms with E-state index in [1.807, 2.05) is 31.3 Å². The fourth-order valence-electron chi connectivity index (χ4n) is 2.52. The highest BCUT2D eigenvalue weighted by molar-refractivity contribution is 7.40. The highest BCUT2D eigenvalue weighted by Gasteiger charge is 2.40. The van der Waals surface area contributed by atoms with Crippen LogP contribution in [0.25, 0.3) is 0 Å². The van der Waals surface area contributed by atoms with Crippen molar-refractivity contribution in [1.29, 1.82) is 0 Å². The summed E-state index contributed by atoms with van der Waals surface area (Å²) in [6, 6.07) is 7.62. The molecule has 0 heterocycles. The normalized spacial score (nSPS) is 22.4. The summed E-state index contributed by atoms with van der Waals surface area (Å²) in [7, 11) is -3.55. The van der Waals surface area contributed by atoms with Crippen molar-refractivity contribution in [3.8, 4) is 0 Å². The average molecular weight is 333 g/mol. The van der Waals surface area contributed by atoms with Crippen LogP contribution >= 0.6 is 19.4 Å². The zero-order chi connectivity index (χ0) is 16.1. The lowest BCUT2D eigenvalue weighted by atomic mass is 9.75. The van der Waals surface area contributed by atoms with E-state index in [4.69, 9.17) is 30.8 Å². The summed E-state index contributed by atoms with van der Waals surface area (Å²) in [5, 5.41) is 3.86. The number of halogens is 1. The molecule has 0 saturated heterocycles. The number of phosphoric acid groups is 1. The molecule has 0 amide bonds. The van der Waals surface area contributed by atoms with Gasteiger partial charge >= 0.3 is 0 Å². The summed E-state index contributed by atoms with van der Waals surface area (Å²) in [5.41, 5.74) is 0.361. The number of hydrogen-bond acceptors (Lipinski definition) is 6. The van der Waals surface area contributed by atoms with Crippen LogP contribution in [0, 0.1) is 0 Å². The smallest absolute Gasteiger partial charge is 0.157 e. The molecular formula is C13H16ClNO5P-3. The van der Waals surface area contributed by atoms with Gasteiger partial charge in [0.1, 0.15) is 5.54 Å². The van der Waals surface area contributed by atoms with Crippen LogP contribution < -0.4 is 20.0 Å². The van der Waals surface area contributed by atoms with E-state index in [1.165, 1.54) is 0 Å². The minimum absolute atomic E-state index is 0.259. The first kappa shape index (κ1) is 18.3. The van der Waals surface area contributed by atoms with Crippen LogP contribution in [0.2, 0.25) is 5.02 Å². The standard InChI is InChI=1S/C13H16ClNO.H3O4P/c1-15-13(9-5-4-8-12(13)16)10-6-2-3-7-11(10)14;1-5(2,3)4/h2-3,6-7,15H,4-5,8-9H2,1H3;(H3,1,2,3,4)/p-3. The lowest BCUT2D eigenvalue weighted by Crippen LogP contribution is -2.49. The molecular weight excluding hydrogens is 317 g/mol. The summed E-state index contributed by atoms with van der Waals surface area (Å²) in [4.78, 5) is 37.8. The molecule has 0 aliphatic heterocycles.